The number of rotatable bonds is 6. The van der Waals surface area contributed by atoms with Gasteiger partial charge in [0.05, 0.1) is 15.1 Å². The Labute approximate surface area is 221 Å². The zero-order chi connectivity index (χ0) is 22.9. The van der Waals surface area contributed by atoms with E-state index in [0.29, 0.717) is 0 Å². The monoisotopic (exact) mass is 619 g/mol. The van der Waals surface area contributed by atoms with Gasteiger partial charge in [-0.3, -0.25) is 0 Å². The second kappa shape index (κ2) is 10.9. The molecule has 0 aliphatic heterocycles. The van der Waals surface area contributed by atoms with Gasteiger partial charge in [-0.15, -0.1) is 0 Å². The molecule has 31 heavy (non-hydrogen) atoms. The average molecular weight is 623 g/mol. The minimum absolute atomic E-state index is 0.00971. The topological polar surface area (TPSA) is 66.4 Å². The average Bonchev–Trinajstić information content (AvgIpc) is 2.68. The molecule has 0 unspecified atom stereocenters. The first-order chi connectivity index (χ1) is 14.5. The predicted molar refractivity (Wildman–Crippen MR) is 127 cm³/mol. The van der Waals surface area contributed by atoms with Gasteiger partial charge in [-0.05, 0) is 18.2 Å². The SMILES string of the molecule is Clc1cc(Cl)c(OP(Oc2nc(Cl)c(Cl)cc2Cl)Oc2nc(Cl)c(Cl)cc2Cl)nc1Cl. The van der Waals surface area contributed by atoms with Crippen molar-refractivity contribution in [2.75, 3.05) is 0 Å². The number of aromatic nitrogens is 3. The standard InChI is InChI=1S/C15H3Cl9N3O3P/c16-4-1-7(19)13(25-10(4)22)28-31(29-14-8(20)2-5(17)11(23)26-14)30-15-9(21)3-6(18)12(24)27-15/h1-3H. The van der Waals surface area contributed by atoms with E-state index in [-0.39, 0.29) is 63.2 Å². The van der Waals surface area contributed by atoms with Gasteiger partial charge in [0.15, 0.2) is 15.5 Å². The molecule has 0 atom stereocenters. The molecule has 0 saturated heterocycles. The largest absolute Gasteiger partial charge is 0.534 e. The van der Waals surface area contributed by atoms with Crippen molar-refractivity contribution >= 4 is 113 Å². The zero-order valence-corrected chi connectivity index (χ0v) is 21.8. The van der Waals surface area contributed by atoms with Crippen molar-refractivity contribution in [1.29, 1.82) is 0 Å². The van der Waals surface area contributed by atoms with Crippen molar-refractivity contribution in [2.45, 2.75) is 0 Å². The summed E-state index contributed by atoms with van der Waals surface area (Å²) >= 11 is 53.8. The molecule has 3 aromatic heterocycles. The van der Waals surface area contributed by atoms with Crippen molar-refractivity contribution < 1.29 is 13.6 Å². The van der Waals surface area contributed by atoms with Crippen LogP contribution in [-0.2, 0) is 0 Å². The predicted octanol–water partition coefficient (Wildman–Crippen LogP) is 9.52. The Bertz CT molecular complexity index is 1010. The van der Waals surface area contributed by atoms with Crippen LogP contribution in [0, 0.1) is 0 Å². The van der Waals surface area contributed by atoms with Gasteiger partial charge in [0.1, 0.15) is 15.1 Å². The Morgan fingerprint density at radius 2 is 0.710 bits per heavy atom. The van der Waals surface area contributed by atoms with Crippen LogP contribution in [0.4, 0.5) is 0 Å². The summed E-state index contributed by atoms with van der Waals surface area (Å²) in [7, 11) is -2.45. The Hall–Kier alpha value is -0.110. The number of hydrogen-bond donors (Lipinski definition) is 0. The Kier molecular flexibility index (Phi) is 8.95. The molecular weight excluding hydrogens is 620 g/mol. The van der Waals surface area contributed by atoms with Crippen LogP contribution in [0.2, 0.25) is 45.6 Å². The highest BCUT2D eigenvalue weighted by Crippen LogP contribution is 2.47. The third-order valence-corrected chi connectivity index (χ3v) is 6.84. The van der Waals surface area contributed by atoms with Crippen LogP contribution in [0.5, 0.6) is 17.6 Å². The van der Waals surface area contributed by atoms with E-state index in [4.69, 9.17) is 118 Å². The van der Waals surface area contributed by atoms with E-state index in [1.807, 2.05) is 0 Å². The van der Waals surface area contributed by atoms with Crippen LogP contribution in [0.15, 0.2) is 18.2 Å². The van der Waals surface area contributed by atoms with Crippen molar-refractivity contribution in [3.8, 4) is 17.6 Å². The first kappa shape index (κ1) is 25.5. The molecule has 3 heterocycles. The summed E-state index contributed by atoms with van der Waals surface area (Å²) in [6, 6.07) is 3.95. The van der Waals surface area contributed by atoms with E-state index in [9.17, 15) is 0 Å². The summed E-state index contributed by atoms with van der Waals surface area (Å²) in [4.78, 5) is 11.8. The summed E-state index contributed by atoms with van der Waals surface area (Å²) < 4.78 is 16.9. The number of nitrogens with zero attached hydrogens (tertiary/aromatic N) is 3. The zero-order valence-electron chi connectivity index (χ0n) is 14.1. The van der Waals surface area contributed by atoms with Crippen molar-refractivity contribution in [1.82, 2.24) is 15.0 Å². The molecule has 0 aromatic carbocycles. The normalized spacial score (nSPS) is 11.0. The smallest absolute Gasteiger partial charge is 0.388 e. The lowest BCUT2D eigenvalue weighted by molar-refractivity contribution is 0.371. The number of pyridine rings is 3. The van der Waals surface area contributed by atoms with Gasteiger partial charge < -0.3 is 13.6 Å². The second-order valence-electron chi connectivity index (χ2n) is 5.14. The van der Waals surface area contributed by atoms with E-state index in [2.05, 4.69) is 15.0 Å². The molecule has 16 heteroatoms. The maximum absolute atomic E-state index is 6.11. The molecule has 0 radical (unpaired) electrons. The third-order valence-electron chi connectivity index (χ3n) is 3.05. The van der Waals surface area contributed by atoms with Gasteiger partial charge in [0.2, 0.25) is 17.6 Å². The van der Waals surface area contributed by atoms with Crippen LogP contribution >= 0.6 is 113 Å². The molecule has 3 rings (SSSR count). The quantitative estimate of drug-likeness (QED) is 0.201. The van der Waals surface area contributed by atoms with E-state index >= 15 is 0 Å². The molecule has 164 valence electrons. The number of hydrogen-bond acceptors (Lipinski definition) is 6. The molecule has 0 fully saturated rings. The Morgan fingerprint density at radius 1 is 0.452 bits per heavy atom. The highest BCUT2D eigenvalue weighted by molar-refractivity contribution is 7.43. The van der Waals surface area contributed by atoms with Crippen molar-refractivity contribution in [3.63, 3.8) is 0 Å². The first-order valence-electron chi connectivity index (χ1n) is 7.43. The molecule has 0 aliphatic carbocycles. The maximum Gasteiger partial charge on any atom is 0.534 e. The highest BCUT2D eigenvalue weighted by Gasteiger charge is 2.27. The molecule has 0 amide bonds. The Morgan fingerprint density at radius 3 is 0.968 bits per heavy atom. The maximum atomic E-state index is 6.11. The molecule has 0 bridgehead atoms. The van der Waals surface area contributed by atoms with Crippen LogP contribution < -0.4 is 13.6 Å². The minimum Gasteiger partial charge on any atom is -0.388 e. The molecule has 0 aliphatic rings. The summed E-state index contributed by atoms with van der Waals surface area (Å²) in [5.74, 6) is -0.515. The summed E-state index contributed by atoms with van der Waals surface area (Å²) in [5, 5.41) is 0.115. The lowest BCUT2D eigenvalue weighted by atomic mass is 10.5. The van der Waals surface area contributed by atoms with Crippen LogP contribution in [0.3, 0.4) is 0 Å². The minimum atomic E-state index is -2.45. The summed E-state index contributed by atoms with van der Waals surface area (Å²) in [5.41, 5.74) is 0. The fourth-order valence-electron chi connectivity index (χ4n) is 1.75. The summed E-state index contributed by atoms with van der Waals surface area (Å²) in [6.45, 7) is 0. The van der Waals surface area contributed by atoms with E-state index < -0.39 is 8.60 Å². The van der Waals surface area contributed by atoms with E-state index in [1.165, 1.54) is 18.2 Å². The third kappa shape index (κ3) is 6.48. The van der Waals surface area contributed by atoms with Gasteiger partial charge >= 0.3 is 8.60 Å². The molecule has 0 spiro atoms. The Balaban J connectivity index is 1.99. The van der Waals surface area contributed by atoms with Crippen molar-refractivity contribution in [3.05, 3.63) is 63.8 Å². The molecule has 0 saturated carbocycles. The van der Waals surface area contributed by atoms with Crippen LogP contribution in [0.1, 0.15) is 0 Å². The van der Waals surface area contributed by atoms with Crippen LogP contribution in [-0.4, -0.2) is 15.0 Å². The number of halogens is 9. The van der Waals surface area contributed by atoms with Gasteiger partial charge in [-0.25, -0.2) is 0 Å². The fraction of sp³-hybridized carbons (Fsp3) is 0. The second-order valence-corrected chi connectivity index (χ2v) is 9.65. The molecular formula is C15H3Cl9N3O3P. The van der Waals surface area contributed by atoms with E-state index in [1.54, 1.807) is 0 Å². The van der Waals surface area contributed by atoms with Gasteiger partial charge in [-0.2, -0.15) is 15.0 Å². The molecule has 0 N–H and O–H groups in total. The lowest BCUT2D eigenvalue weighted by Crippen LogP contribution is -2.06. The van der Waals surface area contributed by atoms with Gasteiger partial charge in [0.25, 0.3) is 0 Å². The fourth-order valence-corrected chi connectivity index (χ4v) is 4.45. The molecule has 6 nitrogen and oxygen atoms in total. The first-order valence-corrected chi connectivity index (χ1v) is 11.9. The highest BCUT2D eigenvalue weighted by atomic mass is 35.5. The van der Waals surface area contributed by atoms with E-state index in [0.717, 1.165) is 0 Å². The van der Waals surface area contributed by atoms with Crippen molar-refractivity contribution in [2.24, 2.45) is 0 Å². The lowest BCUT2D eigenvalue weighted by Gasteiger charge is -2.18. The van der Waals surface area contributed by atoms with Gasteiger partial charge in [0, 0.05) is 0 Å². The van der Waals surface area contributed by atoms with Gasteiger partial charge in [-0.1, -0.05) is 104 Å². The molecule has 3 aromatic rings. The van der Waals surface area contributed by atoms with Crippen LogP contribution in [0.25, 0.3) is 0 Å². The summed E-state index contributed by atoms with van der Waals surface area (Å²) in [6.07, 6.45) is 0.